The lowest BCUT2D eigenvalue weighted by molar-refractivity contribution is -0.138. The first-order chi connectivity index (χ1) is 8.43. The van der Waals surface area contributed by atoms with Crippen molar-refractivity contribution >= 4 is 5.97 Å². The van der Waals surface area contributed by atoms with E-state index < -0.39 is 5.97 Å². The Kier molecular flexibility index (Phi) is 5.16. The van der Waals surface area contributed by atoms with E-state index in [0.29, 0.717) is 12.5 Å². The van der Waals surface area contributed by atoms with Gasteiger partial charge in [-0.05, 0) is 24.6 Å². The predicted octanol–water partition coefficient (Wildman–Crippen LogP) is 2.33. The van der Waals surface area contributed by atoms with Crippen LogP contribution in [-0.2, 0) is 11.3 Å². The van der Waals surface area contributed by atoms with Crippen LogP contribution >= 0.6 is 0 Å². The molecule has 0 bridgehead atoms. The van der Waals surface area contributed by atoms with Crippen LogP contribution in [0, 0.1) is 0 Å². The van der Waals surface area contributed by atoms with E-state index in [2.05, 4.69) is 19.9 Å². The Morgan fingerprint density at radius 3 is 2.61 bits per heavy atom. The number of carboxylic acids is 1. The number of likely N-dealkylation sites (N-methyl/N-ethyl adjacent to an activating group) is 1. The molecule has 1 N–H and O–H groups in total. The van der Waals surface area contributed by atoms with Crippen LogP contribution in [0.2, 0.25) is 0 Å². The van der Waals surface area contributed by atoms with Crippen LogP contribution in [0.1, 0.15) is 30.9 Å². The lowest BCUT2D eigenvalue weighted by Crippen LogP contribution is -2.25. The number of benzene rings is 1. The molecule has 0 saturated carbocycles. The van der Waals surface area contributed by atoms with Crippen molar-refractivity contribution < 1.29 is 14.6 Å². The summed E-state index contributed by atoms with van der Waals surface area (Å²) in [4.78, 5) is 12.4. The quantitative estimate of drug-likeness (QED) is 0.843. The number of hydrogen-bond acceptors (Lipinski definition) is 3. The molecule has 1 rings (SSSR count). The van der Waals surface area contributed by atoms with E-state index in [1.54, 1.807) is 19.1 Å². The summed E-state index contributed by atoms with van der Waals surface area (Å²) in [5.74, 6) is 0.424. The highest BCUT2D eigenvalue weighted by molar-refractivity contribution is 5.69. The van der Waals surface area contributed by atoms with Gasteiger partial charge < -0.3 is 9.84 Å². The molecule has 0 saturated heterocycles. The maximum atomic E-state index is 10.7. The molecule has 0 radical (unpaired) electrons. The van der Waals surface area contributed by atoms with Gasteiger partial charge in [-0.25, -0.2) is 0 Å². The smallest absolute Gasteiger partial charge is 0.317 e. The Morgan fingerprint density at radius 2 is 2.11 bits per heavy atom. The summed E-state index contributed by atoms with van der Waals surface area (Å²) in [6.07, 6.45) is 0. The van der Waals surface area contributed by atoms with Crippen LogP contribution in [-0.4, -0.2) is 36.7 Å². The second kappa shape index (κ2) is 6.40. The molecule has 4 heteroatoms. The second-order valence-corrected chi connectivity index (χ2v) is 4.79. The van der Waals surface area contributed by atoms with Gasteiger partial charge in [0.25, 0.3) is 0 Å². The number of rotatable bonds is 6. The minimum absolute atomic E-state index is 0.0229. The molecule has 0 unspecified atom stereocenters. The molecule has 1 aromatic carbocycles. The third-order valence-corrected chi connectivity index (χ3v) is 2.82. The maximum Gasteiger partial charge on any atom is 0.317 e. The minimum Gasteiger partial charge on any atom is -0.496 e. The number of ether oxygens (including phenoxy) is 1. The molecule has 0 aromatic heterocycles. The summed E-state index contributed by atoms with van der Waals surface area (Å²) in [7, 11) is 3.42. The molecule has 0 fully saturated rings. The Labute approximate surface area is 108 Å². The van der Waals surface area contributed by atoms with Crippen LogP contribution in [0.5, 0.6) is 5.75 Å². The van der Waals surface area contributed by atoms with Crippen molar-refractivity contribution in [3.8, 4) is 5.75 Å². The van der Waals surface area contributed by atoms with E-state index in [0.717, 1.165) is 11.3 Å². The lowest BCUT2D eigenvalue weighted by Gasteiger charge is -2.18. The first-order valence-electron chi connectivity index (χ1n) is 6.01. The minimum atomic E-state index is -0.823. The van der Waals surface area contributed by atoms with Crippen molar-refractivity contribution in [1.82, 2.24) is 4.90 Å². The summed E-state index contributed by atoms with van der Waals surface area (Å²) in [5, 5.41) is 8.76. The van der Waals surface area contributed by atoms with E-state index in [1.165, 1.54) is 5.56 Å². The zero-order valence-electron chi connectivity index (χ0n) is 11.4. The first kappa shape index (κ1) is 14.5. The van der Waals surface area contributed by atoms with Gasteiger partial charge in [-0.1, -0.05) is 26.0 Å². The van der Waals surface area contributed by atoms with Gasteiger partial charge in [0.05, 0.1) is 13.7 Å². The SMILES string of the molecule is COc1ccc(C(C)C)cc1CN(C)CC(=O)O. The Balaban J connectivity index is 2.90. The average Bonchev–Trinajstić information content (AvgIpc) is 2.27. The number of carbonyl (C=O) groups is 1. The summed E-state index contributed by atoms with van der Waals surface area (Å²) in [6, 6.07) is 6.07. The zero-order valence-corrected chi connectivity index (χ0v) is 11.4. The van der Waals surface area contributed by atoms with E-state index in [4.69, 9.17) is 9.84 Å². The molecule has 100 valence electrons. The van der Waals surface area contributed by atoms with Gasteiger partial charge in [0.15, 0.2) is 0 Å². The molecule has 0 amide bonds. The molecule has 4 nitrogen and oxygen atoms in total. The highest BCUT2D eigenvalue weighted by Gasteiger charge is 2.11. The zero-order chi connectivity index (χ0) is 13.7. The van der Waals surface area contributed by atoms with Crippen molar-refractivity contribution in [2.75, 3.05) is 20.7 Å². The molecule has 0 atom stereocenters. The first-order valence-corrected chi connectivity index (χ1v) is 6.01. The highest BCUT2D eigenvalue weighted by Crippen LogP contribution is 2.25. The molecular weight excluding hydrogens is 230 g/mol. The van der Waals surface area contributed by atoms with Crippen LogP contribution in [0.25, 0.3) is 0 Å². The van der Waals surface area contributed by atoms with Gasteiger partial charge >= 0.3 is 5.97 Å². The number of methoxy groups -OCH3 is 1. The van der Waals surface area contributed by atoms with Crippen LogP contribution < -0.4 is 4.74 Å². The Bertz CT molecular complexity index is 416. The van der Waals surface area contributed by atoms with Crippen molar-refractivity contribution in [2.45, 2.75) is 26.3 Å². The van der Waals surface area contributed by atoms with E-state index >= 15 is 0 Å². The van der Waals surface area contributed by atoms with Gasteiger partial charge in [0.2, 0.25) is 0 Å². The predicted molar refractivity (Wildman–Crippen MR) is 71.1 cm³/mol. The van der Waals surface area contributed by atoms with E-state index in [-0.39, 0.29) is 6.54 Å². The molecular formula is C14H21NO3. The van der Waals surface area contributed by atoms with Gasteiger partial charge in [-0.15, -0.1) is 0 Å². The summed E-state index contributed by atoms with van der Waals surface area (Å²) >= 11 is 0. The second-order valence-electron chi connectivity index (χ2n) is 4.79. The molecule has 0 aliphatic carbocycles. The van der Waals surface area contributed by atoms with Crippen molar-refractivity contribution in [3.63, 3.8) is 0 Å². The molecule has 0 heterocycles. The van der Waals surface area contributed by atoms with Gasteiger partial charge in [0.1, 0.15) is 5.75 Å². The standard InChI is InChI=1S/C14H21NO3/c1-10(2)11-5-6-13(18-4)12(7-11)8-15(3)9-14(16)17/h5-7,10H,8-9H2,1-4H3,(H,16,17). The maximum absolute atomic E-state index is 10.7. The fourth-order valence-electron chi connectivity index (χ4n) is 1.86. The third-order valence-electron chi connectivity index (χ3n) is 2.82. The Hall–Kier alpha value is -1.55. The van der Waals surface area contributed by atoms with E-state index in [9.17, 15) is 4.79 Å². The van der Waals surface area contributed by atoms with Crippen LogP contribution in [0.15, 0.2) is 18.2 Å². The highest BCUT2D eigenvalue weighted by atomic mass is 16.5. The van der Waals surface area contributed by atoms with Crippen LogP contribution in [0.3, 0.4) is 0 Å². The molecule has 0 aliphatic heterocycles. The molecule has 0 aliphatic rings. The van der Waals surface area contributed by atoms with Crippen molar-refractivity contribution in [3.05, 3.63) is 29.3 Å². The van der Waals surface area contributed by atoms with Crippen LogP contribution in [0.4, 0.5) is 0 Å². The Morgan fingerprint density at radius 1 is 1.44 bits per heavy atom. The fraction of sp³-hybridized carbons (Fsp3) is 0.500. The monoisotopic (exact) mass is 251 g/mol. The topological polar surface area (TPSA) is 49.8 Å². The van der Waals surface area contributed by atoms with Gasteiger partial charge in [0, 0.05) is 12.1 Å². The van der Waals surface area contributed by atoms with Crippen molar-refractivity contribution in [1.29, 1.82) is 0 Å². The average molecular weight is 251 g/mol. The fourth-order valence-corrected chi connectivity index (χ4v) is 1.86. The number of carboxylic acid groups (broad SMARTS) is 1. The van der Waals surface area contributed by atoms with Crippen molar-refractivity contribution in [2.24, 2.45) is 0 Å². The van der Waals surface area contributed by atoms with Gasteiger partial charge in [-0.2, -0.15) is 0 Å². The summed E-state index contributed by atoms with van der Waals surface area (Å²) < 4.78 is 5.31. The summed E-state index contributed by atoms with van der Waals surface area (Å²) in [5.41, 5.74) is 2.25. The van der Waals surface area contributed by atoms with Gasteiger partial charge in [-0.3, -0.25) is 9.69 Å². The third kappa shape index (κ3) is 4.04. The molecule has 1 aromatic rings. The molecule has 18 heavy (non-hydrogen) atoms. The molecule has 0 spiro atoms. The van der Waals surface area contributed by atoms with E-state index in [1.807, 2.05) is 12.1 Å². The number of hydrogen-bond donors (Lipinski definition) is 1. The number of nitrogens with zero attached hydrogens (tertiary/aromatic N) is 1. The normalized spacial score (nSPS) is 11.0. The largest absolute Gasteiger partial charge is 0.496 e. The summed E-state index contributed by atoms with van der Waals surface area (Å²) in [6.45, 7) is 4.85. The number of aliphatic carboxylic acids is 1. The lowest BCUT2D eigenvalue weighted by atomic mass is 10.00.